The molecule has 1 N–H and O–H groups in total. The first-order valence-electron chi connectivity index (χ1n) is 5.70. The normalized spacial score (nSPS) is 20.9. The molecule has 1 aromatic heterocycles. The van der Waals surface area contributed by atoms with Crippen LogP contribution in [0.4, 0.5) is 0 Å². The lowest BCUT2D eigenvalue weighted by molar-refractivity contribution is 0.0767. The number of nitrogens with zero attached hydrogens (tertiary/aromatic N) is 3. The predicted octanol–water partition coefficient (Wildman–Crippen LogP) is 1.04. The van der Waals surface area contributed by atoms with Crippen LogP contribution in [0.15, 0.2) is 0 Å². The highest BCUT2D eigenvalue weighted by atomic mass is 32.1. The molecule has 0 aromatic carbocycles. The fourth-order valence-electron chi connectivity index (χ4n) is 1.89. The van der Waals surface area contributed by atoms with E-state index in [4.69, 9.17) is 0 Å². The van der Waals surface area contributed by atoms with E-state index in [9.17, 15) is 9.90 Å². The summed E-state index contributed by atoms with van der Waals surface area (Å²) < 4.78 is 3.88. The maximum atomic E-state index is 12.3. The van der Waals surface area contributed by atoms with Crippen molar-refractivity contribution in [2.45, 2.75) is 38.7 Å². The molecule has 1 aliphatic rings. The Kier molecular flexibility index (Phi) is 3.18. The summed E-state index contributed by atoms with van der Waals surface area (Å²) in [5.74, 6) is -0.0542. The first-order chi connectivity index (χ1) is 7.89. The van der Waals surface area contributed by atoms with Gasteiger partial charge in [-0.15, -0.1) is 5.10 Å². The largest absolute Gasteiger partial charge is 0.391 e. The molecule has 0 unspecified atom stereocenters. The van der Waals surface area contributed by atoms with Crippen LogP contribution in [-0.2, 0) is 5.41 Å². The number of carbonyl (C=O) groups excluding carboxylic acids is 1. The van der Waals surface area contributed by atoms with Gasteiger partial charge >= 0.3 is 0 Å². The van der Waals surface area contributed by atoms with Crippen LogP contribution in [0.2, 0.25) is 0 Å². The van der Waals surface area contributed by atoms with E-state index >= 15 is 0 Å². The van der Waals surface area contributed by atoms with Gasteiger partial charge in [-0.05, 0) is 18.0 Å². The number of carbonyl (C=O) groups is 1. The Bertz CT molecular complexity index is 425. The lowest BCUT2D eigenvalue weighted by atomic mass is 9.91. The molecule has 6 heteroatoms. The van der Waals surface area contributed by atoms with Gasteiger partial charge in [0.1, 0.15) is 4.88 Å². The molecule has 0 spiro atoms. The van der Waals surface area contributed by atoms with Gasteiger partial charge in [0.15, 0.2) is 0 Å². The van der Waals surface area contributed by atoms with E-state index in [0.717, 1.165) is 17.2 Å². The van der Waals surface area contributed by atoms with Gasteiger partial charge in [0, 0.05) is 18.5 Å². The molecule has 94 valence electrons. The molecule has 17 heavy (non-hydrogen) atoms. The zero-order valence-electron chi connectivity index (χ0n) is 10.3. The summed E-state index contributed by atoms with van der Waals surface area (Å²) in [6, 6.07) is 0. The van der Waals surface area contributed by atoms with Gasteiger partial charge in [-0.3, -0.25) is 4.79 Å². The Balaban J connectivity index is 2.23. The summed E-state index contributed by atoms with van der Waals surface area (Å²) in [7, 11) is 0. The first-order valence-corrected chi connectivity index (χ1v) is 6.47. The van der Waals surface area contributed by atoms with E-state index < -0.39 is 6.10 Å². The molecule has 0 radical (unpaired) electrons. The summed E-state index contributed by atoms with van der Waals surface area (Å²) in [4.78, 5) is 14.5. The van der Waals surface area contributed by atoms with Crippen molar-refractivity contribution >= 4 is 17.4 Å². The molecular formula is C11H17N3O2S. The molecule has 2 heterocycles. The number of rotatable bonds is 1. The molecule has 1 fully saturated rings. The molecule has 1 amide bonds. The van der Waals surface area contributed by atoms with Gasteiger partial charge in [-0.1, -0.05) is 25.3 Å². The quantitative estimate of drug-likeness (QED) is 0.814. The van der Waals surface area contributed by atoms with E-state index in [2.05, 4.69) is 9.59 Å². The fourth-order valence-corrected chi connectivity index (χ4v) is 2.74. The molecule has 2 rings (SSSR count). The van der Waals surface area contributed by atoms with Crippen LogP contribution in [-0.4, -0.2) is 44.7 Å². The van der Waals surface area contributed by atoms with E-state index in [1.165, 1.54) is 0 Å². The highest BCUT2D eigenvalue weighted by Gasteiger charge is 2.32. The first kappa shape index (κ1) is 12.4. The summed E-state index contributed by atoms with van der Waals surface area (Å²) in [6.07, 6.45) is 0.265. The average molecular weight is 255 g/mol. The van der Waals surface area contributed by atoms with Crippen LogP contribution in [0.25, 0.3) is 0 Å². The SMILES string of the molecule is CC(C)(C)c1nnsc1C(=O)N1CC[C@H](O)C1. The van der Waals surface area contributed by atoms with Crippen LogP contribution in [0.1, 0.15) is 42.6 Å². The van der Waals surface area contributed by atoms with Gasteiger partial charge in [0.05, 0.1) is 11.8 Å². The number of aliphatic hydroxyl groups excluding tert-OH is 1. The van der Waals surface area contributed by atoms with Gasteiger partial charge < -0.3 is 10.0 Å². The summed E-state index contributed by atoms with van der Waals surface area (Å²) in [5.41, 5.74) is 0.560. The van der Waals surface area contributed by atoms with E-state index in [1.807, 2.05) is 20.8 Å². The number of likely N-dealkylation sites (tertiary alicyclic amines) is 1. The zero-order chi connectivity index (χ0) is 12.6. The lowest BCUT2D eigenvalue weighted by Crippen LogP contribution is -2.31. The molecule has 1 atom stereocenters. The van der Waals surface area contributed by atoms with Crippen LogP contribution in [0, 0.1) is 0 Å². The third kappa shape index (κ3) is 2.47. The third-order valence-electron chi connectivity index (χ3n) is 2.84. The number of amides is 1. The Hall–Kier alpha value is -1.01. The molecule has 0 aliphatic carbocycles. The second kappa shape index (κ2) is 4.34. The van der Waals surface area contributed by atoms with Crippen molar-refractivity contribution in [2.75, 3.05) is 13.1 Å². The van der Waals surface area contributed by atoms with Gasteiger partial charge in [-0.25, -0.2) is 0 Å². The molecule has 0 saturated carbocycles. The predicted molar refractivity (Wildman–Crippen MR) is 65.1 cm³/mol. The van der Waals surface area contributed by atoms with Gasteiger partial charge in [0.2, 0.25) is 0 Å². The molecule has 0 bridgehead atoms. The summed E-state index contributed by atoms with van der Waals surface area (Å²) in [6.45, 7) is 7.07. The number of hydrogen-bond acceptors (Lipinski definition) is 5. The monoisotopic (exact) mass is 255 g/mol. The molecule has 5 nitrogen and oxygen atoms in total. The van der Waals surface area contributed by atoms with Crippen molar-refractivity contribution in [1.82, 2.24) is 14.5 Å². The van der Waals surface area contributed by atoms with Crippen molar-refractivity contribution in [3.8, 4) is 0 Å². The highest BCUT2D eigenvalue weighted by Crippen LogP contribution is 2.27. The van der Waals surface area contributed by atoms with Crippen molar-refractivity contribution in [3.05, 3.63) is 10.6 Å². The summed E-state index contributed by atoms with van der Waals surface area (Å²) in [5, 5.41) is 13.5. The van der Waals surface area contributed by atoms with Crippen LogP contribution in [0.3, 0.4) is 0 Å². The second-order valence-electron chi connectivity index (χ2n) is 5.39. The van der Waals surface area contributed by atoms with Crippen molar-refractivity contribution in [2.24, 2.45) is 0 Å². The van der Waals surface area contributed by atoms with Crippen LogP contribution >= 0.6 is 11.5 Å². The minimum absolute atomic E-state index is 0.0542. The van der Waals surface area contributed by atoms with Crippen molar-refractivity contribution in [1.29, 1.82) is 0 Å². The highest BCUT2D eigenvalue weighted by molar-refractivity contribution is 7.08. The van der Waals surface area contributed by atoms with Gasteiger partial charge in [-0.2, -0.15) is 0 Å². The van der Waals surface area contributed by atoms with E-state index in [-0.39, 0.29) is 11.3 Å². The minimum atomic E-state index is -0.391. The molecule has 1 aromatic rings. The third-order valence-corrected chi connectivity index (χ3v) is 3.56. The molecule has 1 saturated heterocycles. The van der Waals surface area contributed by atoms with Crippen molar-refractivity contribution in [3.63, 3.8) is 0 Å². The number of β-amino-alcohol motifs (C(OH)–C–C–N with tert-alkyl or cyclic N) is 1. The fraction of sp³-hybridized carbons (Fsp3) is 0.727. The van der Waals surface area contributed by atoms with Crippen molar-refractivity contribution < 1.29 is 9.90 Å². The zero-order valence-corrected chi connectivity index (χ0v) is 11.1. The number of aromatic nitrogens is 2. The standard InChI is InChI=1S/C11H17N3O2S/c1-11(2,3)9-8(17-13-12-9)10(16)14-5-4-7(15)6-14/h7,15H,4-6H2,1-3H3/t7-/m0/s1. The Morgan fingerprint density at radius 1 is 1.53 bits per heavy atom. The molecular weight excluding hydrogens is 238 g/mol. The maximum Gasteiger partial charge on any atom is 0.267 e. The van der Waals surface area contributed by atoms with Crippen LogP contribution in [0.5, 0.6) is 0 Å². The Morgan fingerprint density at radius 3 is 2.76 bits per heavy atom. The molecule has 1 aliphatic heterocycles. The average Bonchev–Trinajstić information content (AvgIpc) is 2.83. The minimum Gasteiger partial charge on any atom is -0.391 e. The van der Waals surface area contributed by atoms with E-state index in [1.54, 1.807) is 4.90 Å². The number of aliphatic hydroxyl groups is 1. The van der Waals surface area contributed by atoms with Crippen LogP contribution < -0.4 is 0 Å². The second-order valence-corrected chi connectivity index (χ2v) is 6.15. The Morgan fingerprint density at radius 2 is 2.24 bits per heavy atom. The Labute approximate surface area is 105 Å². The number of hydrogen-bond donors (Lipinski definition) is 1. The topological polar surface area (TPSA) is 66.3 Å². The van der Waals surface area contributed by atoms with Gasteiger partial charge in [0.25, 0.3) is 5.91 Å². The summed E-state index contributed by atoms with van der Waals surface area (Å²) >= 11 is 1.14. The smallest absolute Gasteiger partial charge is 0.267 e. The lowest BCUT2D eigenvalue weighted by Gasteiger charge is -2.19. The maximum absolute atomic E-state index is 12.3. The van der Waals surface area contributed by atoms with E-state index in [0.29, 0.717) is 24.4 Å².